The van der Waals surface area contributed by atoms with E-state index in [0.717, 1.165) is 0 Å². The zero-order valence-electron chi connectivity index (χ0n) is 17.2. The number of ether oxygens (including phenoxy) is 4. The van der Waals surface area contributed by atoms with Crippen molar-refractivity contribution in [1.82, 2.24) is 0 Å². The van der Waals surface area contributed by atoms with E-state index in [0.29, 0.717) is 58.5 Å². The number of ketones is 2. The monoisotopic (exact) mass is 386 g/mol. The summed E-state index contributed by atoms with van der Waals surface area (Å²) in [6.45, 7) is 7.48. The Morgan fingerprint density at radius 1 is 0.714 bits per heavy atom. The third kappa shape index (κ3) is 4.27. The van der Waals surface area contributed by atoms with Crippen molar-refractivity contribution in [3.8, 4) is 34.1 Å². The van der Waals surface area contributed by atoms with Gasteiger partial charge in [-0.05, 0) is 52.0 Å². The van der Waals surface area contributed by atoms with E-state index >= 15 is 0 Å². The predicted octanol–water partition coefficient (Wildman–Crippen LogP) is 4.57. The SMILES string of the molecule is CCOc1c(OC)cc(C(C)=O)cc1-c1cc(C(C)=O)cc(OC)c1OCC. The van der Waals surface area contributed by atoms with Crippen molar-refractivity contribution in [2.45, 2.75) is 27.7 Å². The van der Waals surface area contributed by atoms with E-state index in [1.54, 1.807) is 24.3 Å². The van der Waals surface area contributed by atoms with E-state index in [9.17, 15) is 9.59 Å². The summed E-state index contributed by atoms with van der Waals surface area (Å²) in [6.07, 6.45) is 0. The number of benzene rings is 2. The minimum Gasteiger partial charge on any atom is -0.493 e. The van der Waals surface area contributed by atoms with Gasteiger partial charge in [0.25, 0.3) is 0 Å². The molecule has 0 spiro atoms. The second kappa shape index (κ2) is 9.26. The molecule has 150 valence electrons. The fourth-order valence-corrected chi connectivity index (χ4v) is 2.90. The number of Topliss-reactive ketones (excluding diaryl/α,β-unsaturated/α-hetero) is 2. The lowest BCUT2D eigenvalue weighted by atomic mass is 9.95. The highest BCUT2D eigenvalue weighted by atomic mass is 16.5. The molecule has 0 fully saturated rings. The van der Waals surface area contributed by atoms with Crippen LogP contribution in [0, 0.1) is 0 Å². The highest BCUT2D eigenvalue weighted by molar-refractivity contribution is 6.00. The van der Waals surface area contributed by atoms with Crippen LogP contribution in [0.2, 0.25) is 0 Å². The van der Waals surface area contributed by atoms with Crippen LogP contribution in [0.4, 0.5) is 0 Å². The van der Waals surface area contributed by atoms with E-state index in [1.165, 1.54) is 28.1 Å². The van der Waals surface area contributed by atoms with Gasteiger partial charge in [0.15, 0.2) is 34.6 Å². The summed E-state index contributed by atoms with van der Waals surface area (Å²) in [5.74, 6) is 1.57. The Bertz CT molecular complexity index is 812. The number of methoxy groups -OCH3 is 2. The van der Waals surface area contributed by atoms with E-state index in [-0.39, 0.29) is 11.6 Å². The molecule has 0 saturated heterocycles. The molecule has 0 aromatic heterocycles. The van der Waals surface area contributed by atoms with Gasteiger partial charge in [-0.15, -0.1) is 0 Å². The number of rotatable bonds is 9. The van der Waals surface area contributed by atoms with Crippen LogP contribution in [-0.4, -0.2) is 39.0 Å². The van der Waals surface area contributed by atoms with Gasteiger partial charge in [0.1, 0.15) is 0 Å². The van der Waals surface area contributed by atoms with Crippen LogP contribution in [0.25, 0.3) is 11.1 Å². The average molecular weight is 386 g/mol. The third-order valence-electron chi connectivity index (χ3n) is 4.23. The summed E-state index contributed by atoms with van der Waals surface area (Å²) in [7, 11) is 3.03. The van der Waals surface area contributed by atoms with Crippen molar-refractivity contribution in [1.29, 1.82) is 0 Å². The van der Waals surface area contributed by atoms with Gasteiger partial charge in [-0.3, -0.25) is 9.59 Å². The zero-order chi connectivity index (χ0) is 20.8. The van der Waals surface area contributed by atoms with Crippen LogP contribution in [0.5, 0.6) is 23.0 Å². The molecule has 0 saturated carbocycles. The van der Waals surface area contributed by atoms with Crippen molar-refractivity contribution in [3.05, 3.63) is 35.4 Å². The maximum absolute atomic E-state index is 12.1. The molecule has 6 heteroatoms. The molecule has 28 heavy (non-hydrogen) atoms. The van der Waals surface area contributed by atoms with Crippen LogP contribution < -0.4 is 18.9 Å². The largest absolute Gasteiger partial charge is 0.493 e. The molecular weight excluding hydrogens is 360 g/mol. The number of carbonyl (C=O) groups is 2. The second-order valence-electron chi connectivity index (χ2n) is 6.09. The van der Waals surface area contributed by atoms with Crippen molar-refractivity contribution in [3.63, 3.8) is 0 Å². The van der Waals surface area contributed by atoms with Gasteiger partial charge in [0, 0.05) is 22.3 Å². The molecule has 0 bridgehead atoms. The molecule has 6 nitrogen and oxygen atoms in total. The molecule has 2 aromatic carbocycles. The molecule has 0 radical (unpaired) electrons. The molecule has 0 N–H and O–H groups in total. The smallest absolute Gasteiger partial charge is 0.169 e. The van der Waals surface area contributed by atoms with Crippen LogP contribution in [0.3, 0.4) is 0 Å². The molecule has 0 heterocycles. The average Bonchev–Trinajstić information content (AvgIpc) is 2.68. The van der Waals surface area contributed by atoms with Gasteiger partial charge >= 0.3 is 0 Å². The van der Waals surface area contributed by atoms with Crippen LogP contribution >= 0.6 is 0 Å². The highest BCUT2D eigenvalue weighted by Gasteiger charge is 2.23. The van der Waals surface area contributed by atoms with Crippen molar-refractivity contribution in [2.75, 3.05) is 27.4 Å². The quantitative estimate of drug-likeness (QED) is 0.588. The summed E-state index contributed by atoms with van der Waals surface area (Å²) < 4.78 is 22.6. The number of carbonyl (C=O) groups excluding carboxylic acids is 2. The Morgan fingerprint density at radius 2 is 1.07 bits per heavy atom. The lowest BCUT2D eigenvalue weighted by Crippen LogP contribution is -2.05. The van der Waals surface area contributed by atoms with Gasteiger partial charge in [-0.2, -0.15) is 0 Å². The molecule has 2 rings (SSSR count). The lowest BCUT2D eigenvalue weighted by molar-refractivity contribution is 0.100. The molecule has 0 unspecified atom stereocenters. The van der Waals surface area contributed by atoms with E-state index in [1.807, 2.05) is 13.8 Å². The maximum atomic E-state index is 12.1. The first-order chi connectivity index (χ1) is 13.4. The fraction of sp³-hybridized carbons (Fsp3) is 0.364. The number of hydrogen-bond donors (Lipinski definition) is 0. The predicted molar refractivity (Wildman–Crippen MR) is 107 cm³/mol. The van der Waals surface area contributed by atoms with Gasteiger partial charge in [0.2, 0.25) is 0 Å². The minimum absolute atomic E-state index is 0.116. The molecular formula is C22H26O6. The van der Waals surface area contributed by atoms with Gasteiger partial charge < -0.3 is 18.9 Å². The Balaban J connectivity index is 2.94. The third-order valence-corrected chi connectivity index (χ3v) is 4.23. The first-order valence-electron chi connectivity index (χ1n) is 9.09. The van der Waals surface area contributed by atoms with Crippen molar-refractivity contribution >= 4 is 11.6 Å². The van der Waals surface area contributed by atoms with Gasteiger partial charge in [0.05, 0.1) is 27.4 Å². The molecule has 0 atom stereocenters. The summed E-state index contributed by atoms with van der Waals surface area (Å²) >= 11 is 0. The summed E-state index contributed by atoms with van der Waals surface area (Å²) in [6, 6.07) is 6.72. The normalized spacial score (nSPS) is 10.4. The van der Waals surface area contributed by atoms with E-state index < -0.39 is 0 Å². The summed E-state index contributed by atoms with van der Waals surface area (Å²) in [5.41, 5.74) is 2.11. The lowest BCUT2D eigenvalue weighted by Gasteiger charge is -2.20. The second-order valence-corrected chi connectivity index (χ2v) is 6.09. The van der Waals surface area contributed by atoms with Crippen molar-refractivity contribution in [2.24, 2.45) is 0 Å². The Kier molecular flexibility index (Phi) is 7.04. The number of hydrogen-bond acceptors (Lipinski definition) is 6. The Morgan fingerprint density at radius 3 is 1.32 bits per heavy atom. The van der Waals surface area contributed by atoms with Crippen LogP contribution in [-0.2, 0) is 0 Å². The van der Waals surface area contributed by atoms with Crippen LogP contribution in [0.1, 0.15) is 48.4 Å². The standard InChI is InChI=1S/C22H26O6/c1-7-27-21-17(9-15(13(3)23)11-19(21)25-5)18-10-16(14(4)24)12-20(26-6)22(18)28-8-2/h9-12H,7-8H2,1-6H3. The van der Waals surface area contributed by atoms with Crippen LogP contribution in [0.15, 0.2) is 24.3 Å². The summed E-state index contributed by atoms with van der Waals surface area (Å²) in [4.78, 5) is 24.1. The minimum atomic E-state index is -0.116. The fourth-order valence-electron chi connectivity index (χ4n) is 2.90. The maximum Gasteiger partial charge on any atom is 0.169 e. The van der Waals surface area contributed by atoms with Gasteiger partial charge in [-0.25, -0.2) is 0 Å². The highest BCUT2D eigenvalue weighted by Crippen LogP contribution is 2.47. The summed E-state index contributed by atoms with van der Waals surface area (Å²) in [5, 5.41) is 0. The molecule has 0 aliphatic rings. The molecule has 2 aromatic rings. The Labute approximate surface area is 165 Å². The van der Waals surface area contributed by atoms with E-state index in [4.69, 9.17) is 18.9 Å². The van der Waals surface area contributed by atoms with Gasteiger partial charge in [-0.1, -0.05) is 0 Å². The Hall–Kier alpha value is -3.02. The first kappa shape index (κ1) is 21.3. The molecule has 0 amide bonds. The molecule has 0 aliphatic carbocycles. The van der Waals surface area contributed by atoms with Crippen molar-refractivity contribution < 1.29 is 28.5 Å². The first-order valence-corrected chi connectivity index (χ1v) is 9.09. The molecule has 0 aliphatic heterocycles. The zero-order valence-corrected chi connectivity index (χ0v) is 17.2. The topological polar surface area (TPSA) is 71.1 Å². The van der Waals surface area contributed by atoms with E-state index in [2.05, 4.69) is 0 Å².